The van der Waals surface area contributed by atoms with Crippen molar-refractivity contribution in [2.45, 2.75) is 0 Å². The SMILES string of the molecule is COc1cc2c(cc1OC)I(I)c1ccccc1-2. The summed E-state index contributed by atoms with van der Waals surface area (Å²) in [6.07, 6.45) is 0. The molecule has 2 nitrogen and oxygen atoms in total. The molecule has 0 spiro atoms. The van der Waals surface area contributed by atoms with Crippen LogP contribution in [0.15, 0.2) is 36.4 Å². The van der Waals surface area contributed by atoms with Crippen molar-refractivity contribution in [2.24, 2.45) is 0 Å². The summed E-state index contributed by atoms with van der Waals surface area (Å²) in [4.78, 5) is 0. The van der Waals surface area contributed by atoms with E-state index < -0.39 is 15.8 Å². The van der Waals surface area contributed by atoms with E-state index >= 15 is 0 Å². The zero-order valence-electron chi connectivity index (χ0n) is 10.0. The van der Waals surface area contributed by atoms with Crippen LogP contribution in [0, 0.1) is 7.14 Å². The van der Waals surface area contributed by atoms with Gasteiger partial charge >= 0.3 is 124 Å². The van der Waals surface area contributed by atoms with Gasteiger partial charge in [-0.2, -0.15) is 0 Å². The van der Waals surface area contributed by atoms with E-state index in [2.05, 4.69) is 55.0 Å². The summed E-state index contributed by atoms with van der Waals surface area (Å²) in [6, 6.07) is 13.0. The van der Waals surface area contributed by atoms with Crippen molar-refractivity contribution in [3.63, 3.8) is 0 Å². The Labute approximate surface area is 123 Å². The molecule has 1 heterocycles. The summed E-state index contributed by atoms with van der Waals surface area (Å²) in [7, 11) is 3.38. The Bertz CT molecular complexity index is 611. The number of fused-ring (bicyclic) bond motifs is 3. The third-order valence-corrected chi connectivity index (χ3v) is 12.8. The predicted octanol–water partition coefficient (Wildman–Crippen LogP) is 4.58. The van der Waals surface area contributed by atoms with E-state index in [0.29, 0.717) is 0 Å². The molecule has 0 saturated carbocycles. The molecule has 0 aliphatic carbocycles. The molecular formula is C14H12I2O2. The molecule has 0 saturated heterocycles. The van der Waals surface area contributed by atoms with E-state index in [1.807, 2.05) is 0 Å². The summed E-state index contributed by atoms with van der Waals surface area (Å²) < 4.78 is 13.8. The van der Waals surface area contributed by atoms with Gasteiger partial charge in [-0.15, -0.1) is 0 Å². The average molecular weight is 466 g/mol. The first-order chi connectivity index (χ1) is 8.76. The number of hydrogen-bond acceptors (Lipinski definition) is 2. The molecule has 0 atom stereocenters. The third-order valence-electron chi connectivity index (χ3n) is 2.99. The summed E-state index contributed by atoms with van der Waals surface area (Å²) in [5.41, 5.74) is 2.69. The van der Waals surface area contributed by atoms with Crippen LogP contribution in [-0.2, 0) is 0 Å². The van der Waals surface area contributed by atoms with Crippen LogP contribution in [0.3, 0.4) is 0 Å². The molecule has 1 aliphatic heterocycles. The zero-order valence-corrected chi connectivity index (χ0v) is 14.4. The van der Waals surface area contributed by atoms with Crippen molar-refractivity contribution in [3.05, 3.63) is 43.5 Å². The Kier molecular flexibility index (Phi) is 3.40. The van der Waals surface area contributed by atoms with Gasteiger partial charge in [-0.3, -0.25) is 0 Å². The predicted molar refractivity (Wildman–Crippen MR) is 90.4 cm³/mol. The molecule has 0 fully saturated rings. The zero-order chi connectivity index (χ0) is 12.7. The topological polar surface area (TPSA) is 18.5 Å². The fraction of sp³-hybridized carbons (Fsp3) is 0.143. The molecule has 1 aliphatic rings. The number of hydrogen-bond donors (Lipinski definition) is 0. The molecule has 4 heteroatoms. The molecule has 0 unspecified atom stereocenters. The van der Waals surface area contributed by atoms with Gasteiger partial charge in [0.2, 0.25) is 0 Å². The Hall–Kier alpha value is -0.500. The van der Waals surface area contributed by atoms with E-state index in [4.69, 9.17) is 9.47 Å². The van der Waals surface area contributed by atoms with Gasteiger partial charge in [0.25, 0.3) is 0 Å². The number of methoxy groups -OCH3 is 2. The molecule has 0 radical (unpaired) electrons. The second-order valence-electron chi connectivity index (χ2n) is 3.90. The van der Waals surface area contributed by atoms with E-state index in [1.54, 1.807) is 14.2 Å². The average Bonchev–Trinajstić information content (AvgIpc) is 2.71. The molecule has 18 heavy (non-hydrogen) atoms. The monoisotopic (exact) mass is 466 g/mol. The molecule has 0 N–H and O–H groups in total. The van der Waals surface area contributed by atoms with Gasteiger partial charge in [-0.1, -0.05) is 0 Å². The fourth-order valence-corrected chi connectivity index (χ4v) is 10.4. The summed E-state index contributed by atoms with van der Waals surface area (Å²) in [5, 5.41) is 0. The molecule has 94 valence electrons. The van der Waals surface area contributed by atoms with Crippen LogP contribution in [-0.4, -0.2) is 14.2 Å². The third kappa shape index (κ3) is 1.80. The Morgan fingerprint density at radius 2 is 1.56 bits per heavy atom. The van der Waals surface area contributed by atoms with Gasteiger partial charge in [0.1, 0.15) is 0 Å². The normalized spacial score (nSPS) is 14.1. The van der Waals surface area contributed by atoms with Crippen molar-refractivity contribution in [1.82, 2.24) is 0 Å². The Balaban J connectivity index is 2.26. The molecule has 2 aromatic rings. The second kappa shape index (κ2) is 4.88. The van der Waals surface area contributed by atoms with E-state index in [9.17, 15) is 0 Å². The first-order valence-corrected chi connectivity index (χ1v) is 13.9. The Morgan fingerprint density at radius 1 is 0.889 bits per heavy atom. The number of benzene rings is 2. The van der Waals surface area contributed by atoms with Crippen molar-refractivity contribution in [1.29, 1.82) is 0 Å². The first kappa shape index (κ1) is 12.5. The molecule has 0 bridgehead atoms. The molecular weight excluding hydrogens is 454 g/mol. The minimum atomic E-state index is -1.27. The van der Waals surface area contributed by atoms with E-state index in [1.165, 1.54) is 18.3 Å². The number of ether oxygens (including phenoxy) is 2. The van der Waals surface area contributed by atoms with Crippen LogP contribution in [0.2, 0.25) is 0 Å². The first-order valence-electron chi connectivity index (χ1n) is 5.48. The quantitative estimate of drug-likeness (QED) is 0.604. The standard InChI is InChI=1S/C14H12I2O2/c1-17-13-7-10-9-5-3-4-6-11(9)16(15)12(10)8-14(13)18-2/h3-8H,1-2H3. The minimum absolute atomic E-state index is 0.814. The van der Waals surface area contributed by atoms with Crippen LogP contribution in [0.25, 0.3) is 11.1 Å². The molecule has 0 amide bonds. The van der Waals surface area contributed by atoms with Gasteiger partial charge in [0.05, 0.1) is 0 Å². The summed E-state index contributed by atoms with van der Waals surface area (Å²) in [6.45, 7) is 0. The molecule has 0 aromatic heterocycles. The maximum atomic E-state index is 5.41. The molecule has 3 rings (SSSR count). The van der Waals surface area contributed by atoms with Crippen LogP contribution >= 0.6 is 34.5 Å². The van der Waals surface area contributed by atoms with Gasteiger partial charge in [0.15, 0.2) is 0 Å². The van der Waals surface area contributed by atoms with Gasteiger partial charge in [-0.25, -0.2) is 0 Å². The summed E-state index contributed by atoms with van der Waals surface area (Å²) >= 11 is 1.36. The second-order valence-corrected chi connectivity index (χ2v) is 13.1. The van der Waals surface area contributed by atoms with Gasteiger partial charge in [0, 0.05) is 0 Å². The Morgan fingerprint density at radius 3 is 2.28 bits per heavy atom. The number of rotatable bonds is 2. The maximum absolute atomic E-state index is 5.41. The van der Waals surface area contributed by atoms with Gasteiger partial charge < -0.3 is 0 Å². The van der Waals surface area contributed by atoms with Crippen LogP contribution in [0.4, 0.5) is 0 Å². The van der Waals surface area contributed by atoms with Crippen LogP contribution in [0.1, 0.15) is 0 Å². The fourth-order valence-electron chi connectivity index (χ4n) is 2.13. The number of halogens is 2. The van der Waals surface area contributed by atoms with Crippen molar-refractivity contribution in [2.75, 3.05) is 14.2 Å². The van der Waals surface area contributed by atoms with Gasteiger partial charge in [-0.05, 0) is 0 Å². The van der Waals surface area contributed by atoms with Crippen molar-refractivity contribution >= 4 is 34.5 Å². The van der Waals surface area contributed by atoms with Crippen LogP contribution in [0.5, 0.6) is 11.5 Å². The van der Waals surface area contributed by atoms with E-state index in [-0.39, 0.29) is 0 Å². The van der Waals surface area contributed by atoms with Crippen molar-refractivity contribution in [3.8, 4) is 22.6 Å². The van der Waals surface area contributed by atoms with Crippen molar-refractivity contribution < 1.29 is 9.47 Å². The summed E-state index contributed by atoms with van der Waals surface area (Å²) in [5.74, 6) is 1.65. The van der Waals surface area contributed by atoms with Crippen LogP contribution < -0.4 is 9.47 Å². The molecule has 2 aromatic carbocycles. The van der Waals surface area contributed by atoms with E-state index in [0.717, 1.165) is 11.5 Å².